The van der Waals surface area contributed by atoms with Crippen LogP contribution in [0.25, 0.3) is 10.1 Å². The van der Waals surface area contributed by atoms with Crippen LogP contribution >= 0.6 is 46.1 Å². The lowest BCUT2D eigenvalue weighted by Gasteiger charge is -2.10. The number of carbonyl (C=O) groups excluding carboxylic acids is 1. The zero-order chi connectivity index (χ0) is 16.6. The highest BCUT2D eigenvalue weighted by Gasteiger charge is 2.20. The van der Waals surface area contributed by atoms with Crippen LogP contribution in [-0.2, 0) is 0 Å². The van der Waals surface area contributed by atoms with Crippen LogP contribution in [0.2, 0.25) is 15.1 Å². The highest BCUT2D eigenvalue weighted by atomic mass is 35.5. The third-order valence-electron chi connectivity index (χ3n) is 3.22. The summed E-state index contributed by atoms with van der Waals surface area (Å²) in [6.07, 6.45) is 0. The Hall–Kier alpha value is -1.46. The Kier molecular flexibility index (Phi) is 4.69. The number of hydrogen-bond donors (Lipinski definition) is 1. The minimum Gasteiger partial charge on any atom is -0.495 e. The molecule has 0 saturated carbocycles. The summed E-state index contributed by atoms with van der Waals surface area (Å²) in [7, 11) is 1.52. The second kappa shape index (κ2) is 6.57. The van der Waals surface area contributed by atoms with Gasteiger partial charge in [-0.3, -0.25) is 4.79 Å². The summed E-state index contributed by atoms with van der Waals surface area (Å²) < 4.78 is 6.07. The number of anilines is 1. The van der Waals surface area contributed by atoms with Crippen LogP contribution in [0.3, 0.4) is 0 Å². The monoisotopic (exact) mass is 385 g/mol. The molecule has 2 aromatic carbocycles. The molecule has 3 aromatic rings. The van der Waals surface area contributed by atoms with Crippen LogP contribution < -0.4 is 10.1 Å². The lowest BCUT2D eigenvalue weighted by atomic mass is 10.2. The van der Waals surface area contributed by atoms with Gasteiger partial charge in [-0.1, -0.05) is 40.9 Å². The van der Waals surface area contributed by atoms with Gasteiger partial charge in [-0.05, 0) is 30.3 Å². The number of rotatable bonds is 3. The van der Waals surface area contributed by atoms with Crippen molar-refractivity contribution in [3.63, 3.8) is 0 Å². The first-order valence-electron chi connectivity index (χ1n) is 6.52. The molecule has 0 spiro atoms. The second-order valence-electron chi connectivity index (χ2n) is 4.66. The maximum Gasteiger partial charge on any atom is 0.267 e. The zero-order valence-electron chi connectivity index (χ0n) is 11.8. The number of benzene rings is 2. The Morgan fingerprint density at radius 2 is 1.96 bits per heavy atom. The number of hydrogen-bond acceptors (Lipinski definition) is 3. The summed E-state index contributed by atoms with van der Waals surface area (Å²) in [6.45, 7) is 0. The summed E-state index contributed by atoms with van der Waals surface area (Å²) in [4.78, 5) is 13.0. The van der Waals surface area contributed by atoms with Gasteiger partial charge in [0.05, 0.1) is 22.8 Å². The van der Waals surface area contributed by atoms with Gasteiger partial charge in [0.15, 0.2) is 0 Å². The molecular formula is C16H10Cl3NO2S. The largest absolute Gasteiger partial charge is 0.495 e. The number of amides is 1. The summed E-state index contributed by atoms with van der Waals surface area (Å²) in [5.41, 5.74) is 0.476. The molecule has 0 aliphatic carbocycles. The Morgan fingerprint density at radius 3 is 2.65 bits per heavy atom. The summed E-state index contributed by atoms with van der Waals surface area (Å²) in [6, 6.07) is 10.4. The number of fused-ring (bicyclic) bond motifs is 1. The molecule has 0 aliphatic rings. The van der Waals surface area contributed by atoms with Gasteiger partial charge < -0.3 is 10.1 Å². The molecule has 0 aliphatic heterocycles. The molecule has 1 amide bonds. The maximum absolute atomic E-state index is 12.6. The highest BCUT2D eigenvalue weighted by Crippen LogP contribution is 2.40. The molecule has 23 heavy (non-hydrogen) atoms. The van der Waals surface area contributed by atoms with Crippen molar-refractivity contribution in [1.29, 1.82) is 0 Å². The van der Waals surface area contributed by atoms with Crippen LogP contribution in [0.4, 0.5) is 5.69 Å². The molecule has 3 rings (SSSR count). The maximum atomic E-state index is 12.6. The van der Waals surface area contributed by atoms with E-state index in [1.54, 1.807) is 24.3 Å². The summed E-state index contributed by atoms with van der Waals surface area (Å²) in [5.74, 6) is 0.172. The van der Waals surface area contributed by atoms with Gasteiger partial charge in [-0.25, -0.2) is 0 Å². The van der Waals surface area contributed by atoms with Crippen molar-refractivity contribution in [2.75, 3.05) is 12.4 Å². The van der Waals surface area contributed by atoms with Crippen molar-refractivity contribution < 1.29 is 9.53 Å². The predicted octanol–water partition coefficient (Wildman–Crippen LogP) is 6.12. The van der Waals surface area contributed by atoms with E-state index in [9.17, 15) is 4.79 Å². The molecule has 1 N–H and O–H groups in total. The van der Waals surface area contributed by atoms with Crippen LogP contribution in [-0.4, -0.2) is 13.0 Å². The minimum atomic E-state index is -0.340. The Morgan fingerprint density at radius 1 is 1.17 bits per heavy atom. The van der Waals surface area contributed by atoms with Gasteiger partial charge in [0.25, 0.3) is 5.91 Å². The fourth-order valence-electron chi connectivity index (χ4n) is 2.17. The van der Waals surface area contributed by atoms with E-state index < -0.39 is 0 Å². The molecule has 7 heteroatoms. The van der Waals surface area contributed by atoms with Crippen LogP contribution in [0, 0.1) is 0 Å². The quantitative estimate of drug-likeness (QED) is 0.588. The van der Waals surface area contributed by atoms with Gasteiger partial charge in [-0.2, -0.15) is 0 Å². The first kappa shape index (κ1) is 16.4. The molecule has 0 atom stereocenters. The van der Waals surface area contributed by atoms with E-state index in [0.29, 0.717) is 36.8 Å². The van der Waals surface area contributed by atoms with Gasteiger partial charge >= 0.3 is 0 Å². The standard InChI is InChI=1S/C16H10Cl3NO2S/c1-22-11-6-5-8(17)7-10(11)20-16(21)15-14(19)13-9(18)3-2-4-12(13)23-15/h2-7H,1H3,(H,20,21). The predicted molar refractivity (Wildman–Crippen MR) is 97.8 cm³/mol. The third kappa shape index (κ3) is 3.12. The number of thiophene rings is 1. The van der Waals surface area contributed by atoms with Crippen molar-refractivity contribution in [1.82, 2.24) is 0 Å². The average Bonchev–Trinajstić information content (AvgIpc) is 2.86. The lowest BCUT2D eigenvalue weighted by Crippen LogP contribution is -2.11. The van der Waals surface area contributed by atoms with Crippen molar-refractivity contribution in [2.24, 2.45) is 0 Å². The van der Waals surface area contributed by atoms with E-state index in [-0.39, 0.29) is 5.91 Å². The number of halogens is 3. The number of nitrogens with one attached hydrogen (secondary N) is 1. The van der Waals surface area contributed by atoms with Crippen molar-refractivity contribution in [2.45, 2.75) is 0 Å². The van der Waals surface area contributed by atoms with E-state index in [1.807, 2.05) is 12.1 Å². The summed E-state index contributed by atoms with van der Waals surface area (Å²) in [5, 5.41) is 4.81. The molecule has 0 radical (unpaired) electrons. The van der Waals surface area contributed by atoms with Gasteiger partial charge in [-0.15, -0.1) is 11.3 Å². The van der Waals surface area contributed by atoms with Crippen molar-refractivity contribution in [3.05, 3.63) is 56.3 Å². The first-order valence-corrected chi connectivity index (χ1v) is 8.47. The van der Waals surface area contributed by atoms with Crippen molar-refractivity contribution >= 4 is 67.8 Å². The number of carbonyl (C=O) groups is 1. The lowest BCUT2D eigenvalue weighted by molar-refractivity contribution is 0.103. The van der Waals surface area contributed by atoms with E-state index in [0.717, 1.165) is 4.70 Å². The van der Waals surface area contributed by atoms with Crippen molar-refractivity contribution in [3.8, 4) is 5.75 Å². The fraction of sp³-hybridized carbons (Fsp3) is 0.0625. The summed E-state index contributed by atoms with van der Waals surface area (Å²) >= 11 is 19.8. The molecular weight excluding hydrogens is 377 g/mol. The number of methoxy groups -OCH3 is 1. The normalized spacial score (nSPS) is 10.8. The third-order valence-corrected chi connectivity index (χ3v) is 5.42. The Bertz CT molecular complexity index is 908. The van der Waals surface area contributed by atoms with Gasteiger partial charge in [0.1, 0.15) is 10.6 Å². The highest BCUT2D eigenvalue weighted by molar-refractivity contribution is 7.21. The van der Waals surface area contributed by atoms with E-state index in [4.69, 9.17) is 39.5 Å². The molecule has 0 saturated heterocycles. The molecule has 3 nitrogen and oxygen atoms in total. The van der Waals surface area contributed by atoms with Gasteiger partial charge in [0.2, 0.25) is 0 Å². The van der Waals surface area contributed by atoms with E-state index in [1.165, 1.54) is 18.4 Å². The SMILES string of the molecule is COc1ccc(Cl)cc1NC(=O)c1sc2cccc(Cl)c2c1Cl. The molecule has 0 unspecified atom stereocenters. The topological polar surface area (TPSA) is 38.3 Å². The molecule has 1 heterocycles. The van der Waals surface area contributed by atoms with Gasteiger partial charge in [0, 0.05) is 15.1 Å². The number of ether oxygens (including phenoxy) is 1. The Balaban J connectivity index is 2.00. The van der Waals surface area contributed by atoms with E-state index >= 15 is 0 Å². The molecule has 118 valence electrons. The smallest absolute Gasteiger partial charge is 0.267 e. The van der Waals surface area contributed by atoms with Crippen LogP contribution in [0.1, 0.15) is 9.67 Å². The molecule has 0 fully saturated rings. The fourth-order valence-corrected chi connectivity index (χ4v) is 4.20. The average molecular weight is 387 g/mol. The molecule has 1 aromatic heterocycles. The second-order valence-corrected chi connectivity index (χ2v) is 6.93. The van der Waals surface area contributed by atoms with E-state index in [2.05, 4.69) is 5.32 Å². The zero-order valence-corrected chi connectivity index (χ0v) is 14.9. The van der Waals surface area contributed by atoms with Crippen LogP contribution in [0.5, 0.6) is 5.75 Å². The Labute approximate surface area is 151 Å². The van der Waals surface area contributed by atoms with Crippen LogP contribution in [0.15, 0.2) is 36.4 Å². The first-order chi connectivity index (χ1) is 11.0. The molecule has 0 bridgehead atoms. The minimum absolute atomic E-state index is 0.340.